The molecule has 0 saturated carbocycles. The molecule has 2 nitrogen and oxygen atoms in total. The van der Waals surface area contributed by atoms with Crippen molar-refractivity contribution in [3.05, 3.63) is 22.4 Å². The lowest BCUT2D eigenvalue weighted by Gasteiger charge is -2.11. The second-order valence-corrected chi connectivity index (χ2v) is 3.55. The third kappa shape index (κ3) is 2.56. The SMILES string of the molecule is CCOC(=O)C(CC)c1ccsc1. The zero-order valence-corrected chi connectivity index (χ0v) is 8.76. The summed E-state index contributed by atoms with van der Waals surface area (Å²) in [5.41, 5.74) is 1.07. The highest BCUT2D eigenvalue weighted by molar-refractivity contribution is 7.08. The zero-order valence-electron chi connectivity index (χ0n) is 7.95. The molecule has 1 atom stereocenters. The molecular weight excluding hydrogens is 184 g/mol. The van der Waals surface area contributed by atoms with E-state index >= 15 is 0 Å². The Bertz CT molecular complexity index is 254. The molecule has 0 aliphatic heterocycles. The van der Waals surface area contributed by atoms with E-state index in [1.54, 1.807) is 11.3 Å². The molecule has 1 unspecified atom stereocenters. The fourth-order valence-corrected chi connectivity index (χ4v) is 1.97. The second-order valence-electron chi connectivity index (χ2n) is 2.77. The van der Waals surface area contributed by atoms with E-state index in [0.717, 1.165) is 12.0 Å². The number of carbonyl (C=O) groups excluding carboxylic acids is 1. The van der Waals surface area contributed by atoms with Crippen molar-refractivity contribution in [1.29, 1.82) is 0 Å². The quantitative estimate of drug-likeness (QED) is 0.695. The normalized spacial score (nSPS) is 12.5. The summed E-state index contributed by atoms with van der Waals surface area (Å²) in [6.45, 7) is 4.29. The Hall–Kier alpha value is -0.830. The van der Waals surface area contributed by atoms with Crippen molar-refractivity contribution in [1.82, 2.24) is 0 Å². The molecule has 72 valence electrons. The van der Waals surface area contributed by atoms with Gasteiger partial charge in [0, 0.05) is 0 Å². The van der Waals surface area contributed by atoms with Crippen molar-refractivity contribution in [3.8, 4) is 0 Å². The third-order valence-corrected chi connectivity index (χ3v) is 2.63. The second kappa shape index (κ2) is 5.02. The molecule has 1 heterocycles. The lowest BCUT2D eigenvalue weighted by atomic mass is 10.00. The van der Waals surface area contributed by atoms with Crippen LogP contribution in [0.2, 0.25) is 0 Å². The van der Waals surface area contributed by atoms with Gasteiger partial charge in [0.1, 0.15) is 0 Å². The summed E-state index contributed by atoms with van der Waals surface area (Å²) in [4.78, 5) is 11.5. The van der Waals surface area contributed by atoms with Crippen LogP contribution in [0.5, 0.6) is 0 Å². The first-order chi connectivity index (χ1) is 6.29. The number of rotatable bonds is 4. The average Bonchev–Trinajstić information content (AvgIpc) is 2.59. The van der Waals surface area contributed by atoms with Gasteiger partial charge in [-0.1, -0.05) is 6.92 Å². The molecule has 1 aromatic rings. The summed E-state index contributed by atoms with van der Waals surface area (Å²) in [6, 6.07) is 1.98. The first-order valence-electron chi connectivity index (χ1n) is 4.48. The smallest absolute Gasteiger partial charge is 0.313 e. The summed E-state index contributed by atoms with van der Waals surface area (Å²) in [6.07, 6.45) is 0.801. The van der Waals surface area contributed by atoms with Crippen LogP contribution in [0.15, 0.2) is 16.8 Å². The third-order valence-electron chi connectivity index (χ3n) is 1.92. The number of carbonyl (C=O) groups is 1. The van der Waals surface area contributed by atoms with Gasteiger partial charge in [0.25, 0.3) is 0 Å². The van der Waals surface area contributed by atoms with Crippen molar-refractivity contribution < 1.29 is 9.53 Å². The number of esters is 1. The fourth-order valence-electron chi connectivity index (χ4n) is 1.25. The summed E-state index contributed by atoms with van der Waals surface area (Å²) >= 11 is 1.61. The van der Waals surface area contributed by atoms with E-state index in [9.17, 15) is 4.79 Å². The van der Waals surface area contributed by atoms with Gasteiger partial charge < -0.3 is 4.74 Å². The van der Waals surface area contributed by atoms with Crippen LogP contribution >= 0.6 is 11.3 Å². The van der Waals surface area contributed by atoms with E-state index < -0.39 is 0 Å². The van der Waals surface area contributed by atoms with Crippen LogP contribution in [0.25, 0.3) is 0 Å². The Morgan fingerprint density at radius 1 is 1.62 bits per heavy atom. The van der Waals surface area contributed by atoms with Crippen molar-refractivity contribution in [2.24, 2.45) is 0 Å². The van der Waals surface area contributed by atoms with Crippen molar-refractivity contribution >= 4 is 17.3 Å². The highest BCUT2D eigenvalue weighted by atomic mass is 32.1. The Labute approximate surface area is 82.5 Å². The zero-order chi connectivity index (χ0) is 9.68. The Kier molecular flexibility index (Phi) is 3.96. The lowest BCUT2D eigenvalue weighted by Crippen LogP contribution is -2.14. The lowest BCUT2D eigenvalue weighted by molar-refractivity contribution is -0.145. The van der Waals surface area contributed by atoms with Crippen LogP contribution in [-0.4, -0.2) is 12.6 Å². The highest BCUT2D eigenvalue weighted by Crippen LogP contribution is 2.23. The van der Waals surface area contributed by atoms with Gasteiger partial charge in [-0.15, -0.1) is 0 Å². The monoisotopic (exact) mass is 198 g/mol. The standard InChI is InChI=1S/C10H14O2S/c1-3-9(10(11)12-4-2)8-5-6-13-7-8/h5-7,9H,3-4H2,1-2H3. The van der Waals surface area contributed by atoms with Crippen molar-refractivity contribution in [2.75, 3.05) is 6.61 Å². The molecule has 0 aliphatic rings. The molecule has 1 aromatic heterocycles. The predicted octanol–water partition coefficient (Wildman–Crippen LogP) is 2.80. The van der Waals surface area contributed by atoms with Crippen LogP contribution in [0.3, 0.4) is 0 Å². The van der Waals surface area contributed by atoms with E-state index in [0.29, 0.717) is 6.61 Å². The van der Waals surface area contributed by atoms with Gasteiger partial charge in [0.2, 0.25) is 0 Å². The van der Waals surface area contributed by atoms with E-state index in [4.69, 9.17) is 4.74 Å². The van der Waals surface area contributed by atoms with Crippen molar-refractivity contribution in [2.45, 2.75) is 26.2 Å². The largest absolute Gasteiger partial charge is 0.466 e. The number of ether oxygens (including phenoxy) is 1. The van der Waals surface area contributed by atoms with Gasteiger partial charge in [0.05, 0.1) is 12.5 Å². The minimum atomic E-state index is -0.108. The minimum Gasteiger partial charge on any atom is -0.466 e. The molecule has 1 rings (SSSR count). The summed E-state index contributed by atoms with van der Waals surface area (Å²) in [5.74, 6) is -0.186. The van der Waals surface area contributed by atoms with E-state index in [1.165, 1.54) is 0 Å². The summed E-state index contributed by atoms with van der Waals surface area (Å²) in [7, 11) is 0. The first kappa shape index (κ1) is 10.3. The fraction of sp³-hybridized carbons (Fsp3) is 0.500. The molecule has 0 spiro atoms. The Morgan fingerprint density at radius 2 is 2.38 bits per heavy atom. The molecule has 0 amide bonds. The van der Waals surface area contributed by atoms with Crippen LogP contribution < -0.4 is 0 Å². The van der Waals surface area contributed by atoms with Crippen LogP contribution in [0.4, 0.5) is 0 Å². The van der Waals surface area contributed by atoms with Gasteiger partial charge in [-0.25, -0.2) is 0 Å². The molecule has 0 aromatic carbocycles. The first-order valence-corrected chi connectivity index (χ1v) is 5.42. The van der Waals surface area contributed by atoms with Crippen LogP contribution in [-0.2, 0) is 9.53 Å². The summed E-state index contributed by atoms with van der Waals surface area (Å²) in [5, 5.41) is 3.99. The molecule has 0 aliphatic carbocycles. The molecule has 0 N–H and O–H groups in total. The average molecular weight is 198 g/mol. The number of hydrogen-bond donors (Lipinski definition) is 0. The predicted molar refractivity (Wildman–Crippen MR) is 54.0 cm³/mol. The minimum absolute atomic E-state index is 0.0776. The molecule has 13 heavy (non-hydrogen) atoms. The molecule has 3 heteroatoms. The van der Waals surface area contributed by atoms with Crippen LogP contribution in [0, 0.1) is 0 Å². The Morgan fingerprint density at radius 3 is 2.85 bits per heavy atom. The van der Waals surface area contributed by atoms with Crippen LogP contribution in [0.1, 0.15) is 31.7 Å². The maximum Gasteiger partial charge on any atom is 0.313 e. The van der Waals surface area contributed by atoms with Gasteiger partial charge in [-0.05, 0) is 35.7 Å². The topological polar surface area (TPSA) is 26.3 Å². The number of hydrogen-bond acceptors (Lipinski definition) is 3. The maximum absolute atomic E-state index is 11.5. The van der Waals surface area contributed by atoms with E-state index in [-0.39, 0.29) is 11.9 Å². The summed E-state index contributed by atoms with van der Waals surface area (Å²) < 4.78 is 4.98. The van der Waals surface area contributed by atoms with Gasteiger partial charge in [-0.3, -0.25) is 4.79 Å². The molecular formula is C10H14O2S. The Balaban J connectivity index is 2.68. The van der Waals surface area contributed by atoms with Gasteiger partial charge >= 0.3 is 5.97 Å². The molecule has 0 bridgehead atoms. The van der Waals surface area contributed by atoms with E-state index in [2.05, 4.69) is 0 Å². The highest BCUT2D eigenvalue weighted by Gasteiger charge is 2.19. The molecule has 0 radical (unpaired) electrons. The van der Waals surface area contributed by atoms with Gasteiger partial charge in [0.15, 0.2) is 0 Å². The van der Waals surface area contributed by atoms with Crippen molar-refractivity contribution in [3.63, 3.8) is 0 Å². The van der Waals surface area contributed by atoms with E-state index in [1.807, 2.05) is 30.7 Å². The number of thiophene rings is 1. The van der Waals surface area contributed by atoms with Gasteiger partial charge in [-0.2, -0.15) is 11.3 Å². The molecule has 0 saturated heterocycles. The maximum atomic E-state index is 11.5. The molecule has 0 fully saturated rings.